The van der Waals surface area contributed by atoms with Crippen LogP contribution < -0.4 is 5.73 Å². The zero-order valence-corrected chi connectivity index (χ0v) is 21.3. The molecule has 3 N–H and O–H groups in total. The SMILES string of the molecule is CCCC(N)c1cccc(-c2cc(C3=CCN(C(C)=O)CC3)c3cnn(-c4cccc(CO)n4)c3c2)n1. The Kier molecular flexibility index (Phi) is 7.12. The average Bonchev–Trinajstić information content (AvgIpc) is 3.37. The minimum Gasteiger partial charge on any atom is -0.390 e. The lowest BCUT2D eigenvalue weighted by molar-refractivity contribution is -0.128. The third-order valence-corrected chi connectivity index (χ3v) is 6.91. The highest BCUT2D eigenvalue weighted by atomic mass is 16.3. The third kappa shape index (κ3) is 5.03. The average molecular weight is 497 g/mol. The van der Waals surface area contributed by atoms with Crippen molar-refractivity contribution in [3.8, 4) is 17.1 Å². The van der Waals surface area contributed by atoms with Crippen LogP contribution in [0.15, 0.2) is 60.8 Å². The van der Waals surface area contributed by atoms with Gasteiger partial charge in [-0.3, -0.25) is 9.78 Å². The molecule has 0 bridgehead atoms. The van der Waals surface area contributed by atoms with Gasteiger partial charge in [-0.2, -0.15) is 5.10 Å². The first-order valence-electron chi connectivity index (χ1n) is 12.7. The van der Waals surface area contributed by atoms with Crippen molar-refractivity contribution in [2.24, 2.45) is 5.73 Å². The number of hydrogen-bond acceptors (Lipinski definition) is 6. The molecule has 4 aromatic rings. The highest BCUT2D eigenvalue weighted by Crippen LogP contribution is 2.35. The van der Waals surface area contributed by atoms with Gasteiger partial charge in [0.1, 0.15) is 0 Å². The zero-order valence-electron chi connectivity index (χ0n) is 21.3. The Hall–Kier alpha value is -3.88. The molecule has 8 heteroatoms. The van der Waals surface area contributed by atoms with Crippen LogP contribution in [0.5, 0.6) is 0 Å². The van der Waals surface area contributed by atoms with Crippen LogP contribution in [0.2, 0.25) is 0 Å². The minimum atomic E-state index is -0.141. The number of pyridine rings is 2. The molecule has 0 saturated carbocycles. The van der Waals surface area contributed by atoms with Crippen LogP contribution in [-0.4, -0.2) is 48.8 Å². The molecule has 5 rings (SSSR count). The fourth-order valence-corrected chi connectivity index (χ4v) is 4.87. The van der Waals surface area contributed by atoms with Crippen molar-refractivity contribution < 1.29 is 9.90 Å². The van der Waals surface area contributed by atoms with E-state index in [0.29, 0.717) is 24.6 Å². The van der Waals surface area contributed by atoms with Crippen LogP contribution >= 0.6 is 0 Å². The lowest BCUT2D eigenvalue weighted by Crippen LogP contribution is -2.32. The number of fused-ring (bicyclic) bond motifs is 1. The molecule has 1 amide bonds. The van der Waals surface area contributed by atoms with Gasteiger partial charge >= 0.3 is 0 Å². The largest absolute Gasteiger partial charge is 0.390 e. The molecule has 0 radical (unpaired) electrons. The number of aromatic nitrogens is 4. The van der Waals surface area contributed by atoms with Crippen molar-refractivity contribution >= 4 is 22.4 Å². The van der Waals surface area contributed by atoms with Gasteiger partial charge in [-0.15, -0.1) is 0 Å². The molecule has 0 fully saturated rings. The van der Waals surface area contributed by atoms with Crippen LogP contribution in [0.3, 0.4) is 0 Å². The van der Waals surface area contributed by atoms with E-state index in [2.05, 4.69) is 35.2 Å². The normalized spacial score (nSPS) is 14.6. The summed E-state index contributed by atoms with van der Waals surface area (Å²) in [6, 6.07) is 15.7. The summed E-state index contributed by atoms with van der Waals surface area (Å²) < 4.78 is 1.80. The Labute approximate surface area is 216 Å². The van der Waals surface area contributed by atoms with Crippen molar-refractivity contribution in [2.45, 2.75) is 45.8 Å². The number of carbonyl (C=O) groups is 1. The number of nitrogens with two attached hydrogens (primary N) is 1. The summed E-state index contributed by atoms with van der Waals surface area (Å²) in [5.74, 6) is 0.720. The molecule has 0 spiro atoms. The third-order valence-electron chi connectivity index (χ3n) is 6.91. The summed E-state index contributed by atoms with van der Waals surface area (Å²) in [7, 11) is 0. The van der Waals surface area contributed by atoms with Gasteiger partial charge in [-0.1, -0.05) is 31.6 Å². The van der Waals surface area contributed by atoms with E-state index in [-0.39, 0.29) is 18.6 Å². The highest BCUT2D eigenvalue weighted by molar-refractivity contribution is 5.96. The fraction of sp³-hybridized carbons (Fsp3) is 0.310. The maximum Gasteiger partial charge on any atom is 0.219 e. The van der Waals surface area contributed by atoms with E-state index in [4.69, 9.17) is 10.7 Å². The Morgan fingerprint density at radius 2 is 2.00 bits per heavy atom. The Balaban J connectivity index is 1.67. The lowest BCUT2D eigenvalue weighted by atomic mass is 9.93. The Bertz CT molecular complexity index is 1470. The molecule has 4 heterocycles. The number of aliphatic hydroxyl groups excluding tert-OH is 1. The van der Waals surface area contributed by atoms with Gasteiger partial charge < -0.3 is 15.7 Å². The van der Waals surface area contributed by atoms with E-state index in [9.17, 15) is 9.90 Å². The summed E-state index contributed by atoms with van der Waals surface area (Å²) in [6.07, 6.45) is 6.62. The van der Waals surface area contributed by atoms with Gasteiger partial charge in [0, 0.05) is 37.0 Å². The Morgan fingerprint density at radius 1 is 1.16 bits per heavy atom. The molecule has 37 heavy (non-hydrogen) atoms. The molecule has 1 aromatic carbocycles. The first-order chi connectivity index (χ1) is 18.0. The second kappa shape index (κ2) is 10.6. The van der Waals surface area contributed by atoms with E-state index >= 15 is 0 Å². The monoisotopic (exact) mass is 496 g/mol. The standard InChI is InChI=1S/C29H32N6O2/c1-3-6-25(30)27-9-5-8-26(33-27)21-15-23(20-11-13-34(14-12-20)19(2)37)24-17-31-35(28(24)16-21)29-10-4-7-22(18-36)32-29/h4-5,7-11,15-17,25,36H,3,6,12-14,18,30H2,1-2H3. The van der Waals surface area contributed by atoms with E-state index in [1.807, 2.05) is 41.4 Å². The van der Waals surface area contributed by atoms with E-state index in [0.717, 1.165) is 52.7 Å². The number of benzene rings is 1. The fourth-order valence-electron chi connectivity index (χ4n) is 4.87. The quantitative estimate of drug-likeness (QED) is 0.392. The van der Waals surface area contributed by atoms with E-state index in [1.54, 1.807) is 17.7 Å². The molecule has 3 aromatic heterocycles. The number of aliphatic hydroxyl groups is 1. The van der Waals surface area contributed by atoms with Crippen molar-refractivity contribution in [1.29, 1.82) is 0 Å². The van der Waals surface area contributed by atoms with Gasteiger partial charge in [0.2, 0.25) is 5.91 Å². The molecular weight excluding hydrogens is 464 g/mol. The Morgan fingerprint density at radius 3 is 2.73 bits per heavy atom. The summed E-state index contributed by atoms with van der Waals surface area (Å²) in [5, 5.41) is 15.3. The molecule has 0 saturated heterocycles. The molecule has 0 aliphatic carbocycles. The van der Waals surface area contributed by atoms with E-state index < -0.39 is 0 Å². The number of amides is 1. The number of nitrogens with zero attached hydrogens (tertiary/aromatic N) is 5. The lowest BCUT2D eigenvalue weighted by Gasteiger charge is -2.26. The summed E-state index contributed by atoms with van der Waals surface area (Å²) in [6.45, 7) is 4.86. The van der Waals surface area contributed by atoms with Gasteiger partial charge in [0.15, 0.2) is 5.82 Å². The molecule has 8 nitrogen and oxygen atoms in total. The maximum atomic E-state index is 11.9. The summed E-state index contributed by atoms with van der Waals surface area (Å²) in [4.78, 5) is 23.2. The molecule has 1 unspecified atom stereocenters. The molecule has 1 atom stereocenters. The van der Waals surface area contributed by atoms with Crippen molar-refractivity contribution in [1.82, 2.24) is 24.6 Å². The van der Waals surface area contributed by atoms with E-state index in [1.165, 1.54) is 5.57 Å². The van der Waals surface area contributed by atoms with Crippen LogP contribution in [0.25, 0.3) is 33.6 Å². The van der Waals surface area contributed by atoms with Crippen molar-refractivity contribution in [3.05, 3.63) is 77.8 Å². The topological polar surface area (TPSA) is 110 Å². The molecule has 190 valence electrons. The second-order valence-electron chi connectivity index (χ2n) is 9.45. The van der Waals surface area contributed by atoms with Crippen LogP contribution in [0.4, 0.5) is 0 Å². The maximum absolute atomic E-state index is 11.9. The van der Waals surface area contributed by atoms with Crippen LogP contribution in [0.1, 0.15) is 56.1 Å². The van der Waals surface area contributed by atoms with Gasteiger partial charge in [0.25, 0.3) is 0 Å². The number of carbonyl (C=O) groups excluding carboxylic acids is 1. The number of hydrogen-bond donors (Lipinski definition) is 2. The smallest absolute Gasteiger partial charge is 0.219 e. The second-order valence-corrected chi connectivity index (χ2v) is 9.45. The first kappa shape index (κ1) is 24.8. The van der Waals surface area contributed by atoms with Crippen LogP contribution in [0, 0.1) is 0 Å². The molecule has 1 aliphatic heterocycles. The first-order valence-corrected chi connectivity index (χ1v) is 12.7. The predicted molar refractivity (Wildman–Crippen MR) is 145 cm³/mol. The van der Waals surface area contributed by atoms with Crippen molar-refractivity contribution in [2.75, 3.05) is 13.1 Å². The summed E-state index contributed by atoms with van der Waals surface area (Å²) in [5.41, 5.74) is 12.8. The van der Waals surface area contributed by atoms with Crippen LogP contribution in [-0.2, 0) is 11.4 Å². The number of rotatable bonds is 7. The molecule has 1 aliphatic rings. The predicted octanol–water partition coefficient (Wildman–Crippen LogP) is 4.41. The van der Waals surface area contributed by atoms with Gasteiger partial charge in [-0.05, 0) is 60.4 Å². The molecular formula is C29H32N6O2. The highest BCUT2D eigenvalue weighted by Gasteiger charge is 2.20. The minimum absolute atomic E-state index is 0.0845. The summed E-state index contributed by atoms with van der Waals surface area (Å²) >= 11 is 0. The van der Waals surface area contributed by atoms with Crippen molar-refractivity contribution in [3.63, 3.8) is 0 Å². The van der Waals surface area contributed by atoms with Gasteiger partial charge in [0.05, 0.1) is 35.4 Å². The zero-order chi connectivity index (χ0) is 25.9. The van der Waals surface area contributed by atoms with Gasteiger partial charge in [-0.25, -0.2) is 9.67 Å².